The average molecular weight is 281 g/mol. The fourth-order valence-electron chi connectivity index (χ4n) is 1.85. The fourth-order valence-corrected chi connectivity index (χ4v) is 2.90. The van der Waals surface area contributed by atoms with Crippen molar-refractivity contribution >= 4 is 28.7 Å². The number of aliphatic hydroxyl groups is 1. The molecule has 2 atom stereocenters. The van der Waals surface area contributed by atoms with E-state index >= 15 is 0 Å². The van der Waals surface area contributed by atoms with E-state index in [0.29, 0.717) is 10.6 Å². The molecule has 2 rings (SSSR count). The van der Waals surface area contributed by atoms with E-state index in [1.807, 2.05) is 17.5 Å². The van der Waals surface area contributed by atoms with Crippen LogP contribution >= 0.6 is 22.9 Å². The van der Waals surface area contributed by atoms with Gasteiger partial charge in [-0.2, -0.15) is 0 Å². The molecule has 0 amide bonds. The van der Waals surface area contributed by atoms with Crippen LogP contribution in [0.2, 0.25) is 5.02 Å². The molecular formula is C14H13ClO2S. The lowest BCUT2D eigenvalue weighted by Crippen LogP contribution is -2.23. The van der Waals surface area contributed by atoms with Crippen molar-refractivity contribution in [2.75, 3.05) is 0 Å². The van der Waals surface area contributed by atoms with Crippen molar-refractivity contribution in [1.82, 2.24) is 0 Å². The van der Waals surface area contributed by atoms with E-state index in [4.69, 9.17) is 11.6 Å². The Kier molecular flexibility index (Phi) is 4.17. The summed E-state index contributed by atoms with van der Waals surface area (Å²) in [5, 5.41) is 12.3. The maximum Gasteiger partial charge on any atom is 0.173 e. The molecule has 0 spiro atoms. The molecule has 2 aromatic rings. The molecule has 94 valence electrons. The zero-order valence-electron chi connectivity index (χ0n) is 9.84. The van der Waals surface area contributed by atoms with Crippen molar-refractivity contribution in [3.63, 3.8) is 0 Å². The van der Waals surface area contributed by atoms with Gasteiger partial charge < -0.3 is 5.11 Å². The number of benzene rings is 1. The zero-order chi connectivity index (χ0) is 13.1. The van der Waals surface area contributed by atoms with Gasteiger partial charge in [0.2, 0.25) is 0 Å². The zero-order valence-corrected chi connectivity index (χ0v) is 11.4. The number of Topliss-reactive ketones (excluding diaryl/α,β-unsaturated/α-hetero) is 1. The molecule has 1 aromatic carbocycles. The van der Waals surface area contributed by atoms with Gasteiger partial charge in [-0.25, -0.2) is 0 Å². The second-order valence-electron chi connectivity index (χ2n) is 4.10. The first-order chi connectivity index (χ1) is 8.59. The molecule has 1 heterocycles. The summed E-state index contributed by atoms with van der Waals surface area (Å²) in [6.45, 7) is 1.64. The highest BCUT2D eigenvalue weighted by molar-refractivity contribution is 7.10. The predicted molar refractivity (Wildman–Crippen MR) is 74.5 cm³/mol. The second kappa shape index (κ2) is 5.65. The van der Waals surface area contributed by atoms with E-state index < -0.39 is 12.0 Å². The molecule has 0 saturated carbocycles. The Morgan fingerprint density at radius 3 is 2.44 bits per heavy atom. The van der Waals surface area contributed by atoms with Crippen LogP contribution in [0.3, 0.4) is 0 Å². The minimum Gasteiger partial charge on any atom is -0.392 e. The third kappa shape index (κ3) is 2.80. The first-order valence-corrected chi connectivity index (χ1v) is 6.86. The van der Waals surface area contributed by atoms with Crippen molar-refractivity contribution < 1.29 is 9.90 Å². The van der Waals surface area contributed by atoms with Crippen LogP contribution in [0.1, 0.15) is 28.1 Å². The molecule has 1 N–H and O–H groups in total. The summed E-state index contributed by atoms with van der Waals surface area (Å²) < 4.78 is 0. The molecule has 18 heavy (non-hydrogen) atoms. The highest BCUT2D eigenvalue weighted by atomic mass is 35.5. The Morgan fingerprint density at radius 2 is 1.94 bits per heavy atom. The molecule has 0 aliphatic carbocycles. The molecule has 0 aliphatic heterocycles. The largest absolute Gasteiger partial charge is 0.392 e. The van der Waals surface area contributed by atoms with Crippen LogP contribution in [-0.2, 0) is 0 Å². The number of hydrogen-bond acceptors (Lipinski definition) is 3. The molecule has 0 aliphatic rings. The Morgan fingerprint density at radius 1 is 1.28 bits per heavy atom. The van der Waals surface area contributed by atoms with Gasteiger partial charge in [0.05, 0.1) is 12.0 Å². The molecule has 1 aromatic heterocycles. The molecule has 2 unspecified atom stereocenters. The van der Waals surface area contributed by atoms with Gasteiger partial charge in [0.15, 0.2) is 5.78 Å². The average Bonchev–Trinajstić information content (AvgIpc) is 2.83. The molecule has 4 heteroatoms. The monoisotopic (exact) mass is 280 g/mol. The van der Waals surface area contributed by atoms with E-state index in [9.17, 15) is 9.90 Å². The number of ketones is 1. The molecule has 2 nitrogen and oxygen atoms in total. The van der Waals surface area contributed by atoms with Gasteiger partial charge in [0.1, 0.15) is 0 Å². The van der Waals surface area contributed by atoms with Crippen molar-refractivity contribution in [1.29, 1.82) is 0 Å². The van der Waals surface area contributed by atoms with Crippen molar-refractivity contribution in [2.45, 2.75) is 18.9 Å². The van der Waals surface area contributed by atoms with Crippen LogP contribution in [0.25, 0.3) is 0 Å². The number of carbonyl (C=O) groups excluding carboxylic acids is 1. The summed E-state index contributed by atoms with van der Waals surface area (Å²) in [5.74, 6) is -0.588. The van der Waals surface area contributed by atoms with Crippen LogP contribution < -0.4 is 0 Å². The minimum absolute atomic E-state index is 0.0795. The molecular weight excluding hydrogens is 268 g/mol. The first-order valence-electron chi connectivity index (χ1n) is 5.61. The number of rotatable bonds is 4. The Balaban J connectivity index is 2.32. The topological polar surface area (TPSA) is 37.3 Å². The Hall–Kier alpha value is -1.16. The van der Waals surface area contributed by atoms with Crippen LogP contribution in [0.5, 0.6) is 0 Å². The third-order valence-electron chi connectivity index (χ3n) is 2.74. The standard InChI is InChI=1S/C14H13ClO2S/c1-9(16)13(12-3-2-8-18-12)14(17)10-4-6-11(15)7-5-10/h2-9,13,16H,1H3. The van der Waals surface area contributed by atoms with Gasteiger partial charge >= 0.3 is 0 Å². The number of hydrogen-bond donors (Lipinski definition) is 1. The third-order valence-corrected chi connectivity index (χ3v) is 3.95. The van der Waals surface area contributed by atoms with Crippen LogP contribution in [0, 0.1) is 0 Å². The highest BCUT2D eigenvalue weighted by Gasteiger charge is 2.27. The second-order valence-corrected chi connectivity index (χ2v) is 5.52. The van der Waals surface area contributed by atoms with E-state index in [-0.39, 0.29) is 5.78 Å². The quantitative estimate of drug-likeness (QED) is 0.866. The lowest BCUT2D eigenvalue weighted by Gasteiger charge is -2.17. The maximum absolute atomic E-state index is 12.4. The summed E-state index contributed by atoms with van der Waals surface area (Å²) in [4.78, 5) is 13.3. The molecule has 0 fully saturated rings. The van der Waals surface area contributed by atoms with Crippen molar-refractivity contribution in [3.05, 3.63) is 57.2 Å². The summed E-state index contributed by atoms with van der Waals surface area (Å²) in [6, 6.07) is 10.5. The van der Waals surface area contributed by atoms with Gasteiger partial charge in [-0.3, -0.25) is 4.79 Å². The van der Waals surface area contributed by atoms with Crippen LogP contribution in [0.4, 0.5) is 0 Å². The fraction of sp³-hybridized carbons (Fsp3) is 0.214. The number of carbonyl (C=O) groups is 1. The number of halogens is 1. The SMILES string of the molecule is CC(O)C(C(=O)c1ccc(Cl)cc1)c1cccs1. The number of aliphatic hydroxyl groups excluding tert-OH is 1. The van der Waals surface area contributed by atoms with E-state index in [2.05, 4.69) is 0 Å². The Bertz CT molecular complexity index is 517. The molecule has 0 radical (unpaired) electrons. The van der Waals surface area contributed by atoms with E-state index in [1.165, 1.54) is 11.3 Å². The van der Waals surface area contributed by atoms with Gasteiger partial charge in [-0.15, -0.1) is 11.3 Å². The van der Waals surface area contributed by atoms with Crippen LogP contribution in [0.15, 0.2) is 41.8 Å². The highest BCUT2D eigenvalue weighted by Crippen LogP contribution is 2.28. The molecule has 0 bridgehead atoms. The van der Waals surface area contributed by atoms with Crippen LogP contribution in [-0.4, -0.2) is 17.0 Å². The van der Waals surface area contributed by atoms with E-state index in [0.717, 1.165) is 4.88 Å². The maximum atomic E-state index is 12.4. The van der Waals surface area contributed by atoms with Crippen molar-refractivity contribution in [3.8, 4) is 0 Å². The van der Waals surface area contributed by atoms with E-state index in [1.54, 1.807) is 31.2 Å². The predicted octanol–water partition coefficient (Wildman–Crippen LogP) is 3.75. The van der Waals surface area contributed by atoms with Crippen molar-refractivity contribution in [2.24, 2.45) is 0 Å². The van der Waals surface area contributed by atoms with Gasteiger partial charge in [-0.05, 0) is 42.6 Å². The first kappa shape index (κ1) is 13.3. The lowest BCUT2D eigenvalue weighted by molar-refractivity contribution is 0.0845. The molecule has 0 saturated heterocycles. The van der Waals surface area contributed by atoms with Gasteiger partial charge in [0, 0.05) is 15.5 Å². The minimum atomic E-state index is -0.716. The number of thiophene rings is 1. The summed E-state index contributed by atoms with van der Waals surface area (Å²) in [6.07, 6.45) is -0.716. The summed E-state index contributed by atoms with van der Waals surface area (Å²) >= 11 is 7.28. The normalized spacial score (nSPS) is 14.2. The Labute approximate surface area is 115 Å². The summed E-state index contributed by atoms with van der Waals surface area (Å²) in [5.41, 5.74) is 0.568. The smallest absolute Gasteiger partial charge is 0.173 e. The van der Waals surface area contributed by atoms with Gasteiger partial charge in [-0.1, -0.05) is 17.7 Å². The summed E-state index contributed by atoms with van der Waals surface area (Å²) in [7, 11) is 0. The van der Waals surface area contributed by atoms with Gasteiger partial charge in [0.25, 0.3) is 0 Å². The lowest BCUT2D eigenvalue weighted by atomic mass is 9.92.